The molecule has 7 heteroatoms. The molecule has 0 heterocycles. The third-order valence-corrected chi connectivity index (χ3v) is 3.55. The van der Waals surface area contributed by atoms with Gasteiger partial charge in [0, 0.05) is 18.3 Å². The van der Waals surface area contributed by atoms with Crippen LogP contribution in [-0.2, 0) is 6.42 Å². The predicted octanol–water partition coefficient (Wildman–Crippen LogP) is 2.82. The molecule has 2 aromatic rings. The average molecular weight is 347 g/mol. The molecule has 0 unspecified atom stereocenters. The van der Waals surface area contributed by atoms with Gasteiger partial charge < -0.3 is 25.3 Å². The Morgan fingerprint density at radius 2 is 1.72 bits per heavy atom. The molecule has 0 spiro atoms. The summed E-state index contributed by atoms with van der Waals surface area (Å²) in [7, 11) is 4.58. The summed E-state index contributed by atoms with van der Waals surface area (Å²) in [5, 5.41) is 2.99. The van der Waals surface area contributed by atoms with E-state index in [1.54, 1.807) is 38.5 Å². The number of ether oxygens (including phenoxy) is 3. The van der Waals surface area contributed by atoms with Crippen molar-refractivity contribution in [2.75, 3.05) is 33.2 Å². The zero-order valence-corrected chi connectivity index (χ0v) is 14.5. The Kier molecular flexibility index (Phi) is 6.45. The van der Waals surface area contributed by atoms with Crippen LogP contribution in [0.3, 0.4) is 0 Å². The van der Waals surface area contributed by atoms with Gasteiger partial charge in [0.15, 0.2) is 29.0 Å². The van der Waals surface area contributed by atoms with Crippen molar-refractivity contribution in [2.24, 2.45) is 10.7 Å². The number of nitrogens with zero attached hydrogens (tertiary/aromatic N) is 1. The van der Waals surface area contributed by atoms with Gasteiger partial charge in [0.2, 0.25) is 0 Å². The van der Waals surface area contributed by atoms with E-state index in [-0.39, 0.29) is 17.5 Å². The molecule has 25 heavy (non-hydrogen) atoms. The second kappa shape index (κ2) is 8.77. The van der Waals surface area contributed by atoms with Crippen molar-refractivity contribution in [1.82, 2.24) is 0 Å². The molecule has 2 rings (SSSR count). The van der Waals surface area contributed by atoms with Crippen LogP contribution >= 0.6 is 0 Å². The molecular formula is C18H22FN3O3. The molecule has 0 aliphatic heterocycles. The van der Waals surface area contributed by atoms with Crippen molar-refractivity contribution < 1.29 is 18.6 Å². The first-order chi connectivity index (χ1) is 12.1. The molecule has 134 valence electrons. The van der Waals surface area contributed by atoms with Gasteiger partial charge >= 0.3 is 0 Å². The lowest BCUT2D eigenvalue weighted by atomic mass is 10.1. The van der Waals surface area contributed by atoms with Crippen molar-refractivity contribution in [1.29, 1.82) is 0 Å². The van der Waals surface area contributed by atoms with Crippen molar-refractivity contribution in [2.45, 2.75) is 6.42 Å². The largest absolute Gasteiger partial charge is 0.494 e. The van der Waals surface area contributed by atoms with E-state index < -0.39 is 0 Å². The Bertz CT molecular complexity index is 750. The maximum absolute atomic E-state index is 13.4. The van der Waals surface area contributed by atoms with E-state index in [4.69, 9.17) is 19.9 Å². The fourth-order valence-corrected chi connectivity index (χ4v) is 2.27. The quantitative estimate of drug-likeness (QED) is 0.595. The van der Waals surface area contributed by atoms with E-state index in [0.29, 0.717) is 24.5 Å². The number of benzene rings is 2. The Labute approximate surface area is 146 Å². The molecular weight excluding hydrogens is 325 g/mol. The van der Waals surface area contributed by atoms with Gasteiger partial charge in [0.1, 0.15) is 0 Å². The molecule has 6 nitrogen and oxygen atoms in total. The second-order valence-corrected chi connectivity index (χ2v) is 5.18. The number of aliphatic imine (C=N–C) groups is 1. The highest BCUT2D eigenvalue weighted by Crippen LogP contribution is 2.29. The number of guanidine groups is 1. The Morgan fingerprint density at radius 1 is 1.00 bits per heavy atom. The summed E-state index contributed by atoms with van der Waals surface area (Å²) >= 11 is 0. The number of nitrogens with one attached hydrogen (secondary N) is 1. The van der Waals surface area contributed by atoms with E-state index in [0.717, 1.165) is 11.3 Å². The molecule has 2 aromatic carbocycles. The Morgan fingerprint density at radius 3 is 2.40 bits per heavy atom. The van der Waals surface area contributed by atoms with Crippen LogP contribution < -0.4 is 25.3 Å². The number of rotatable bonds is 7. The third-order valence-electron chi connectivity index (χ3n) is 3.55. The molecule has 0 saturated carbocycles. The van der Waals surface area contributed by atoms with Crippen molar-refractivity contribution in [3.63, 3.8) is 0 Å². The minimum atomic E-state index is -0.385. The van der Waals surface area contributed by atoms with Gasteiger partial charge in [0.05, 0.1) is 21.3 Å². The number of hydrogen-bond acceptors (Lipinski definition) is 4. The average Bonchev–Trinajstić information content (AvgIpc) is 2.62. The number of methoxy groups -OCH3 is 3. The molecule has 0 amide bonds. The van der Waals surface area contributed by atoms with Crippen LogP contribution in [0.2, 0.25) is 0 Å². The number of hydrogen-bond donors (Lipinski definition) is 2. The smallest absolute Gasteiger partial charge is 0.193 e. The summed E-state index contributed by atoms with van der Waals surface area (Å²) in [4.78, 5) is 4.27. The minimum absolute atomic E-state index is 0.220. The zero-order chi connectivity index (χ0) is 18.2. The summed E-state index contributed by atoms with van der Waals surface area (Å²) in [6, 6.07) is 10.1. The molecule has 0 aromatic heterocycles. The first kappa shape index (κ1) is 18.4. The lowest BCUT2D eigenvalue weighted by Gasteiger charge is -2.11. The summed E-state index contributed by atoms with van der Waals surface area (Å²) in [5.74, 6) is 1.34. The summed E-state index contributed by atoms with van der Waals surface area (Å²) in [5.41, 5.74) is 7.55. The van der Waals surface area contributed by atoms with Gasteiger partial charge in [-0.15, -0.1) is 0 Å². The predicted molar refractivity (Wildman–Crippen MR) is 96.3 cm³/mol. The standard InChI is InChI=1S/C18H22FN3O3/c1-23-15-7-5-13(11-17(15)25-3)22-18(20)21-9-8-12-4-6-14(19)16(10-12)24-2/h4-7,10-11H,8-9H2,1-3H3,(H3,20,21,22). The Hall–Kier alpha value is -2.96. The van der Waals surface area contributed by atoms with Gasteiger partial charge in [-0.3, -0.25) is 4.99 Å². The third kappa shape index (κ3) is 5.00. The van der Waals surface area contributed by atoms with Crippen LogP contribution in [0.4, 0.5) is 10.1 Å². The molecule has 0 aliphatic rings. The summed E-state index contributed by atoms with van der Waals surface area (Å²) in [6.07, 6.45) is 0.616. The molecule has 3 N–H and O–H groups in total. The minimum Gasteiger partial charge on any atom is -0.494 e. The maximum atomic E-state index is 13.4. The highest BCUT2D eigenvalue weighted by atomic mass is 19.1. The van der Waals surface area contributed by atoms with E-state index in [9.17, 15) is 4.39 Å². The lowest BCUT2D eigenvalue weighted by Crippen LogP contribution is -2.23. The highest BCUT2D eigenvalue weighted by Gasteiger charge is 2.06. The van der Waals surface area contributed by atoms with Gasteiger partial charge in [-0.05, 0) is 36.2 Å². The maximum Gasteiger partial charge on any atom is 0.193 e. The fraction of sp³-hybridized carbons (Fsp3) is 0.278. The van der Waals surface area contributed by atoms with E-state index in [1.807, 2.05) is 6.07 Å². The molecule has 0 atom stereocenters. The second-order valence-electron chi connectivity index (χ2n) is 5.18. The van der Waals surface area contributed by atoms with Crippen molar-refractivity contribution in [3.8, 4) is 17.2 Å². The highest BCUT2D eigenvalue weighted by molar-refractivity contribution is 5.92. The summed E-state index contributed by atoms with van der Waals surface area (Å²) < 4.78 is 28.8. The van der Waals surface area contributed by atoms with Crippen LogP contribution in [0, 0.1) is 5.82 Å². The molecule has 0 radical (unpaired) electrons. The number of anilines is 1. The van der Waals surface area contributed by atoms with Crippen LogP contribution in [0.5, 0.6) is 17.2 Å². The van der Waals surface area contributed by atoms with Crippen molar-refractivity contribution >= 4 is 11.6 Å². The molecule has 0 saturated heterocycles. The van der Waals surface area contributed by atoms with Crippen LogP contribution in [0.15, 0.2) is 41.4 Å². The molecule has 0 aliphatic carbocycles. The van der Waals surface area contributed by atoms with E-state index >= 15 is 0 Å². The number of halogens is 1. The van der Waals surface area contributed by atoms with Crippen LogP contribution in [-0.4, -0.2) is 33.8 Å². The topological polar surface area (TPSA) is 78.1 Å². The van der Waals surface area contributed by atoms with Gasteiger partial charge in [0.25, 0.3) is 0 Å². The molecule has 0 fully saturated rings. The Balaban J connectivity index is 1.96. The SMILES string of the molecule is COc1cc(CCN=C(N)Nc2ccc(OC)c(OC)c2)ccc1F. The normalized spacial score (nSPS) is 11.1. The van der Waals surface area contributed by atoms with Crippen LogP contribution in [0.1, 0.15) is 5.56 Å². The molecule has 0 bridgehead atoms. The first-order valence-corrected chi connectivity index (χ1v) is 7.68. The van der Waals surface area contributed by atoms with Gasteiger partial charge in [-0.2, -0.15) is 0 Å². The van der Waals surface area contributed by atoms with Gasteiger partial charge in [-0.25, -0.2) is 4.39 Å². The zero-order valence-electron chi connectivity index (χ0n) is 14.5. The van der Waals surface area contributed by atoms with E-state index in [1.165, 1.54) is 13.2 Å². The lowest BCUT2D eigenvalue weighted by molar-refractivity contribution is 0.355. The van der Waals surface area contributed by atoms with E-state index in [2.05, 4.69) is 10.3 Å². The monoisotopic (exact) mass is 347 g/mol. The fourth-order valence-electron chi connectivity index (χ4n) is 2.27. The van der Waals surface area contributed by atoms with Crippen LogP contribution in [0.25, 0.3) is 0 Å². The van der Waals surface area contributed by atoms with Crippen molar-refractivity contribution in [3.05, 3.63) is 47.8 Å². The van der Waals surface area contributed by atoms with Gasteiger partial charge in [-0.1, -0.05) is 6.07 Å². The first-order valence-electron chi connectivity index (χ1n) is 7.68. The summed E-state index contributed by atoms with van der Waals surface area (Å²) in [6.45, 7) is 0.459. The number of nitrogens with two attached hydrogens (primary N) is 1.